The number of hydrogen-bond acceptors (Lipinski definition) is 1. The SMILES string of the molecule is O=C(C1CCCC(C(F)(F)F)C1)N(CCCl)C1CC1. The molecule has 2 fully saturated rings. The van der Waals surface area contributed by atoms with Gasteiger partial charge in [-0.3, -0.25) is 4.79 Å². The van der Waals surface area contributed by atoms with Crippen LogP contribution in [-0.2, 0) is 4.79 Å². The van der Waals surface area contributed by atoms with Crippen molar-refractivity contribution in [1.82, 2.24) is 4.90 Å². The van der Waals surface area contributed by atoms with E-state index < -0.39 is 18.0 Å². The Kier molecular flexibility index (Phi) is 4.64. The van der Waals surface area contributed by atoms with Crippen LogP contribution in [0.5, 0.6) is 0 Å². The minimum absolute atomic E-state index is 0.0478. The third kappa shape index (κ3) is 3.77. The van der Waals surface area contributed by atoms with Gasteiger partial charge in [-0.1, -0.05) is 6.42 Å². The molecule has 2 nitrogen and oxygen atoms in total. The normalized spacial score (nSPS) is 28.2. The number of halogens is 4. The standard InChI is InChI=1S/C13H19ClF3NO/c14-6-7-18(11-4-5-11)12(19)9-2-1-3-10(8-9)13(15,16)17/h9-11H,1-8H2. The lowest BCUT2D eigenvalue weighted by molar-refractivity contribution is -0.187. The van der Waals surface area contributed by atoms with Crippen LogP contribution in [0.1, 0.15) is 38.5 Å². The van der Waals surface area contributed by atoms with Crippen LogP contribution in [0.3, 0.4) is 0 Å². The van der Waals surface area contributed by atoms with Crippen molar-refractivity contribution in [3.63, 3.8) is 0 Å². The minimum atomic E-state index is -4.17. The van der Waals surface area contributed by atoms with Crippen molar-refractivity contribution >= 4 is 17.5 Å². The second-order valence-corrected chi connectivity index (χ2v) is 5.93. The Bertz CT molecular complexity index is 330. The number of carbonyl (C=O) groups is 1. The summed E-state index contributed by atoms with van der Waals surface area (Å²) in [4.78, 5) is 14.0. The first kappa shape index (κ1) is 14.9. The predicted octanol–water partition coefficient (Wildman–Crippen LogP) is 3.58. The fraction of sp³-hybridized carbons (Fsp3) is 0.923. The monoisotopic (exact) mass is 297 g/mol. The van der Waals surface area contributed by atoms with Gasteiger partial charge in [-0.2, -0.15) is 13.2 Å². The molecule has 1 amide bonds. The fourth-order valence-corrected chi connectivity index (χ4v) is 3.08. The highest BCUT2D eigenvalue weighted by Crippen LogP contribution is 2.41. The maximum atomic E-state index is 12.8. The van der Waals surface area contributed by atoms with E-state index in [2.05, 4.69) is 0 Å². The third-order valence-corrected chi connectivity index (χ3v) is 4.25. The van der Waals surface area contributed by atoms with E-state index in [9.17, 15) is 18.0 Å². The smallest absolute Gasteiger partial charge is 0.338 e. The van der Waals surface area contributed by atoms with Crippen LogP contribution in [0.25, 0.3) is 0 Å². The summed E-state index contributed by atoms with van der Waals surface area (Å²) in [7, 11) is 0. The van der Waals surface area contributed by atoms with Gasteiger partial charge >= 0.3 is 6.18 Å². The van der Waals surface area contributed by atoms with Gasteiger partial charge < -0.3 is 4.90 Å². The molecule has 0 heterocycles. The highest BCUT2D eigenvalue weighted by Gasteiger charge is 2.45. The second-order valence-electron chi connectivity index (χ2n) is 5.55. The van der Waals surface area contributed by atoms with E-state index in [-0.39, 0.29) is 24.8 Å². The van der Waals surface area contributed by atoms with Gasteiger partial charge in [0.15, 0.2) is 0 Å². The highest BCUT2D eigenvalue weighted by molar-refractivity contribution is 6.18. The quantitative estimate of drug-likeness (QED) is 0.726. The molecule has 6 heteroatoms. The predicted molar refractivity (Wildman–Crippen MR) is 67.0 cm³/mol. The lowest BCUT2D eigenvalue weighted by Gasteiger charge is -2.33. The van der Waals surface area contributed by atoms with Gasteiger partial charge in [-0.05, 0) is 32.1 Å². The van der Waals surface area contributed by atoms with Crippen LogP contribution < -0.4 is 0 Å². The molecule has 0 spiro atoms. The van der Waals surface area contributed by atoms with E-state index in [1.165, 1.54) is 0 Å². The first-order valence-electron chi connectivity index (χ1n) is 6.86. The van der Waals surface area contributed by atoms with Crippen molar-refractivity contribution in [1.29, 1.82) is 0 Å². The van der Waals surface area contributed by atoms with E-state index in [1.54, 1.807) is 4.90 Å². The molecule has 0 aromatic carbocycles. The lowest BCUT2D eigenvalue weighted by atomic mass is 9.80. The zero-order valence-corrected chi connectivity index (χ0v) is 11.5. The topological polar surface area (TPSA) is 20.3 Å². The molecule has 2 unspecified atom stereocenters. The van der Waals surface area contributed by atoms with Crippen molar-refractivity contribution < 1.29 is 18.0 Å². The Hall–Kier alpha value is -0.450. The highest BCUT2D eigenvalue weighted by atomic mass is 35.5. The summed E-state index contributed by atoms with van der Waals surface area (Å²) in [5.74, 6) is -1.55. The molecule has 2 atom stereocenters. The maximum Gasteiger partial charge on any atom is 0.391 e. The molecule has 2 aliphatic carbocycles. The Balaban J connectivity index is 1.97. The summed E-state index contributed by atoms with van der Waals surface area (Å²) >= 11 is 5.68. The summed E-state index contributed by atoms with van der Waals surface area (Å²) in [6.45, 7) is 0.457. The molecule has 0 bridgehead atoms. The first-order chi connectivity index (χ1) is 8.93. The molecule has 0 aromatic rings. The van der Waals surface area contributed by atoms with Gasteiger partial charge in [0.2, 0.25) is 5.91 Å². The molecular formula is C13H19ClF3NO. The van der Waals surface area contributed by atoms with E-state index in [0.29, 0.717) is 25.3 Å². The number of carbonyl (C=O) groups excluding carboxylic acids is 1. The van der Waals surface area contributed by atoms with Crippen LogP contribution in [-0.4, -0.2) is 35.4 Å². The van der Waals surface area contributed by atoms with Crippen molar-refractivity contribution in [2.45, 2.75) is 50.7 Å². The van der Waals surface area contributed by atoms with Crippen molar-refractivity contribution in [2.24, 2.45) is 11.8 Å². The number of nitrogens with zero attached hydrogens (tertiary/aromatic N) is 1. The van der Waals surface area contributed by atoms with Crippen molar-refractivity contribution in [3.05, 3.63) is 0 Å². The molecule has 0 aliphatic heterocycles. The van der Waals surface area contributed by atoms with Crippen LogP contribution in [0.2, 0.25) is 0 Å². The molecule has 0 N–H and O–H groups in total. The van der Waals surface area contributed by atoms with Gasteiger partial charge in [-0.25, -0.2) is 0 Å². The average molecular weight is 298 g/mol. The van der Waals surface area contributed by atoms with E-state index in [1.807, 2.05) is 0 Å². The van der Waals surface area contributed by atoms with Crippen molar-refractivity contribution in [3.8, 4) is 0 Å². The zero-order chi connectivity index (χ0) is 14.0. The van der Waals surface area contributed by atoms with Gasteiger partial charge in [0.05, 0.1) is 5.92 Å². The van der Waals surface area contributed by atoms with Gasteiger partial charge in [-0.15, -0.1) is 11.6 Å². The third-order valence-electron chi connectivity index (χ3n) is 4.08. The minimum Gasteiger partial charge on any atom is -0.338 e. The van der Waals surface area contributed by atoms with Crippen LogP contribution in [0, 0.1) is 11.8 Å². The summed E-state index contributed by atoms with van der Waals surface area (Å²) < 4.78 is 38.3. The fourth-order valence-electron chi connectivity index (χ4n) is 2.90. The van der Waals surface area contributed by atoms with E-state index in [4.69, 9.17) is 11.6 Å². The Morgan fingerprint density at radius 3 is 2.42 bits per heavy atom. The number of alkyl halides is 4. The lowest BCUT2D eigenvalue weighted by Crippen LogP contribution is -2.42. The summed E-state index contributed by atoms with van der Waals surface area (Å²) in [5.41, 5.74) is 0. The van der Waals surface area contributed by atoms with Crippen LogP contribution in [0.15, 0.2) is 0 Å². The number of amides is 1. The maximum absolute atomic E-state index is 12.8. The molecule has 0 saturated heterocycles. The Labute approximate surface area is 116 Å². The molecular weight excluding hydrogens is 279 g/mol. The first-order valence-corrected chi connectivity index (χ1v) is 7.40. The number of rotatable bonds is 4. The largest absolute Gasteiger partial charge is 0.391 e. The summed E-state index contributed by atoms with van der Waals surface area (Å²) in [6, 6.07) is 0.220. The molecule has 0 radical (unpaired) electrons. The van der Waals surface area contributed by atoms with E-state index >= 15 is 0 Å². The molecule has 110 valence electrons. The van der Waals surface area contributed by atoms with Gasteiger partial charge in [0.1, 0.15) is 0 Å². The Morgan fingerprint density at radius 1 is 1.21 bits per heavy atom. The summed E-state index contributed by atoms with van der Waals surface area (Å²) in [5, 5.41) is 0. The van der Waals surface area contributed by atoms with Crippen LogP contribution in [0.4, 0.5) is 13.2 Å². The second kappa shape index (κ2) is 5.90. The zero-order valence-electron chi connectivity index (χ0n) is 10.8. The van der Waals surface area contributed by atoms with Crippen molar-refractivity contribution in [2.75, 3.05) is 12.4 Å². The molecule has 2 saturated carbocycles. The van der Waals surface area contributed by atoms with Gasteiger partial charge in [0, 0.05) is 24.4 Å². The summed E-state index contributed by atoms with van der Waals surface area (Å²) in [6.07, 6.45) is -1.08. The average Bonchev–Trinajstić information content (AvgIpc) is 3.18. The molecule has 19 heavy (non-hydrogen) atoms. The van der Waals surface area contributed by atoms with Gasteiger partial charge in [0.25, 0.3) is 0 Å². The molecule has 2 aliphatic rings. The number of hydrogen-bond donors (Lipinski definition) is 0. The molecule has 0 aromatic heterocycles. The Morgan fingerprint density at radius 2 is 1.89 bits per heavy atom. The molecule has 2 rings (SSSR count). The van der Waals surface area contributed by atoms with E-state index in [0.717, 1.165) is 12.8 Å². The van der Waals surface area contributed by atoms with Crippen LogP contribution >= 0.6 is 11.6 Å².